The van der Waals surface area contributed by atoms with Crippen LogP contribution in [-0.2, 0) is 29.1 Å². The van der Waals surface area contributed by atoms with Crippen molar-refractivity contribution in [2.45, 2.75) is 56.7 Å². The van der Waals surface area contributed by atoms with Crippen LogP contribution in [0.3, 0.4) is 0 Å². The summed E-state index contributed by atoms with van der Waals surface area (Å²) in [5, 5.41) is 10.1. The molecule has 0 radical (unpaired) electrons. The summed E-state index contributed by atoms with van der Waals surface area (Å²) < 4.78 is 12.4. The van der Waals surface area contributed by atoms with E-state index in [9.17, 15) is 9.90 Å². The molecule has 1 heterocycles. The van der Waals surface area contributed by atoms with Gasteiger partial charge < -0.3 is 19.1 Å². The van der Waals surface area contributed by atoms with E-state index in [2.05, 4.69) is 4.98 Å². The lowest BCUT2D eigenvalue weighted by Crippen LogP contribution is -2.21. The van der Waals surface area contributed by atoms with E-state index >= 15 is 0 Å². The second-order valence-corrected chi connectivity index (χ2v) is 7.26. The molecule has 148 valence electrons. The number of aromatic nitrogens is 2. The lowest BCUT2D eigenvalue weighted by molar-refractivity contribution is -0.142. The zero-order chi connectivity index (χ0) is 19.6. The maximum Gasteiger partial charge on any atom is 0.319 e. The van der Waals surface area contributed by atoms with Crippen LogP contribution in [-0.4, -0.2) is 39.6 Å². The molecule has 0 fully saturated rings. The van der Waals surface area contributed by atoms with E-state index in [-0.39, 0.29) is 17.8 Å². The van der Waals surface area contributed by atoms with Gasteiger partial charge in [0.2, 0.25) is 0 Å². The molecule has 1 N–H and O–H groups in total. The van der Waals surface area contributed by atoms with Crippen LogP contribution in [0.25, 0.3) is 0 Å². The number of hydrogen-bond acceptors (Lipinski definition) is 6. The van der Waals surface area contributed by atoms with Crippen LogP contribution in [0.2, 0.25) is 0 Å². The Hall–Kier alpha value is -1.99. The molecule has 0 amide bonds. The second kappa shape index (κ2) is 11.0. The molecule has 1 atom stereocenters. The third-order valence-electron chi connectivity index (χ3n) is 4.19. The summed E-state index contributed by atoms with van der Waals surface area (Å²) in [5.74, 6) is 0.616. The Labute approximate surface area is 164 Å². The first-order valence-electron chi connectivity index (χ1n) is 9.24. The van der Waals surface area contributed by atoms with Gasteiger partial charge in [-0.1, -0.05) is 37.2 Å². The maximum atomic E-state index is 12.2. The first kappa shape index (κ1) is 21.3. The lowest BCUT2D eigenvalue weighted by atomic mass is 10.1. The number of rotatable bonds is 11. The van der Waals surface area contributed by atoms with E-state index in [1.54, 1.807) is 13.3 Å². The van der Waals surface area contributed by atoms with E-state index in [0.717, 1.165) is 35.9 Å². The van der Waals surface area contributed by atoms with E-state index in [0.29, 0.717) is 13.2 Å². The summed E-state index contributed by atoms with van der Waals surface area (Å²) in [7, 11) is 1.65. The minimum Gasteiger partial charge on any atom is -0.497 e. The van der Waals surface area contributed by atoms with Crippen LogP contribution in [0.5, 0.6) is 5.75 Å². The molecule has 1 aromatic heterocycles. The summed E-state index contributed by atoms with van der Waals surface area (Å²) in [6.45, 7) is 4.81. The number of benzene rings is 1. The summed E-state index contributed by atoms with van der Waals surface area (Å²) in [4.78, 5) is 16.7. The molecule has 0 saturated carbocycles. The largest absolute Gasteiger partial charge is 0.497 e. The molecule has 0 unspecified atom stereocenters. The molecule has 27 heavy (non-hydrogen) atoms. The molecule has 0 saturated heterocycles. The number of aryl methyl sites for hydroxylation is 1. The highest BCUT2D eigenvalue weighted by molar-refractivity contribution is 8.00. The third-order valence-corrected chi connectivity index (χ3v) is 5.44. The van der Waals surface area contributed by atoms with E-state index in [1.807, 2.05) is 42.7 Å². The fraction of sp³-hybridized carbons (Fsp3) is 0.500. The normalized spacial score (nSPS) is 12.0. The third kappa shape index (κ3) is 6.01. The monoisotopic (exact) mass is 392 g/mol. The number of aliphatic hydroxyl groups excluding tert-OH is 1. The predicted octanol–water partition coefficient (Wildman–Crippen LogP) is 3.45. The van der Waals surface area contributed by atoms with Gasteiger partial charge in [0.05, 0.1) is 32.2 Å². The number of aliphatic hydroxyl groups is 1. The fourth-order valence-electron chi connectivity index (χ4n) is 2.73. The first-order valence-corrected chi connectivity index (χ1v) is 10.1. The van der Waals surface area contributed by atoms with Gasteiger partial charge in [-0.3, -0.25) is 4.79 Å². The van der Waals surface area contributed by atoms with E-state index in [1.165, 1.54) is 17.3 Å². The van der Waals surface area contributed by atoms with Crippen molar-refractivity contribution in [1.29, 1.82) is 0 Å². The Kier molecular flexibility index (Phi) is 8.67. The van der Waals surface area contributed by atoms with Crippen LogP contribution >= 0.6 is 11.8 Å². The molecule has 2 rings (SSSR count). The number of thioether (sulfide) groups is 1. The summed E-state index contributed by atoms with van der Waals surface area (Å²) in [6.07, 6.45) is 4.07. The van der Waals surface area contributed by atoms with Gasteiger partial charge in [-0.15, -0.1) is 0 Å². The van der Waals surface area contributed by atoms with Crippen molar-refractivity contribution in [2.75, 3.05) is 13.7 Å². The summed E-state index contributed by atoms with van der Waals surface area (Å²) in [5.41, 5.74) is 1.91. The molecule has 0 aliphatic carbocycles. The Morgan fingerprint density at radius 3 is 2.63 bits per heavy atom. The maximum absolute atomic E-state index is 12.2. The summed E-state index contributed by atoms with van der Waals surface area (Å²) in [6, 6.07) is 7.92. The lowest BCUT2D eigenvalue weighted by Gasteiger charge is -2.16. The number of ether oxygens (including phenoxy) is 2. The first-order chi connectivity index (χ1) is 13.1. The van der Waals surface area contributed by atoms with Gasteiger partial charge in [0.1, 0.15) is 11.0 Å². The van der Waals surface area contributed by atoms with Gasteiger partial charge in [-0.25, -0.2) is 4.98 Å². The molecule has 6 nitrogen and oxygen atoms in total. The molecule has 0 aliphatic rings. The van der Waals surface area contributed by atoms with Crippen LogP contribution < -0.4 is 4.74 Å². The standard InChI is InChI=1S/C20H28N2O4S/c1-4-6-18(19(24)26-5-2)27-20-21-13-16(14-23)22(20)12-11-15-7-9-17(25-3)10-8-15/h7-10,13,18,23H,4-6,11-12,14H2,1-3H3/t18-/m1/s1. The smallest absolute Gasteiger partial charge is 0.319 e. The number of carbonyl (C=O) groups excluding carboxylic acids is 1. The van der Waals surface area contributed by atoms with Crippen molar-refractivity contribution in [2.24, 2.45) is 0 Å². The Bertz CT molecular complexity index is 715. The molecule has 0 spiro atoms. The molecular weight excluding hydrogens is 364 g/mol. The van der Waals surface area contributed by atoms with E-state index < -0.39 is 0 Å². The SMILES string of the molecule is CCC[C@@H](Sc1ncc(CO)n1CCc1ccc(OC)cc1)C(=O)OCC. The Morgan fingerprint density at radius 2 is 2.04 bits per heavy atom. The van der Waals surface area contributed by atoms with Crippen molar-refractivity contribution in [3.05, 3.63) is 41.7 Å². The highest BCUT2D eigenvalue weighted by atomic mass is 32.2. The minimum absolute atomic E-state index is 0.0893. The van der Waals surface area contributed by atoms with Crippen LogP contribution in [0.1, 0.15) is 37.9 Å². The topological polar surface area (TPSA) is 73.6 Å². The molecular formula is C20H28N2O4S. The van der Waals surface area contributed by atoms with Crippen molar-refractivity contribution in [1.82, 2.24) is 9.55 Å². The zero-order valence-corrected chi connectivity index (χ0v) is 17.0. The van der Waals surface area contributed by atoms with Crippen molar-refractivity contribution in [3.63, 3.8) is 0 Å². The van der Waals surface area contributed by atoms with Crippen LogP contribution in [0.4, 0.5) is 0 Å². The number of esters is 1. The minimum atomic E-state index is -0.288. The number of carbonyl (C=O) groups is 1. The molecule has 7 heteroatoms. The molecule has 2 aromatic rings. The van der Waals surface area contributed by atoms with Gasteiger partial charge in [0, 0.05) is 6.54 Å². The van der Waals surface area contributed by atoms with Crippen LogP contribution in [0, 0.1) is 0 Å². The average Bonchev–Trinajstić information content (AvgIpc) is 3.08. The zero-order valence-electron chi connectivity index (χ0n) is 16.2. The average molecular weight is 393 g/mol. The van der Waals surface area contributed by atoms with Gasteiger partial charge in [0.15, 0.2) is 5.16 Å². The molecule has 0 bridgehead atoms. The van der Waals surface area contributed by atoms with Crippen molar-refractivity contribution in [3.8, 4) is 5.75 Å². The van der Waals surface area contributed by atoms with Gasteiger partial charge >= 0.3 is 5.97 Å². The number of methoxy groups -OCH3 is 1. The van der Waals surface area contributed by atoms with Gasteiger partial charge in [0.25, 0.3) is 0 Å². The van der Waals surface area contributed by atoms with Gasteiger partial charge in [-0.05, 0) is 37.5 Å². The highest BCUT2D eigenvalue weighted by Gasteiger charge is 2.23. The quantitative estimate of drug-likeness (QED) is 0.466. The summed E-state index contributed by atoms with van der Waals surface area (Å²) >= 11 is 1.41. The second-order valence-electron chi connectivity index (χ2n) is 6.09. The predicted molar refractivity (Wildman–Crippen MR) is 106 cm³/mol. The Morgan fingerprint density at radius 1 is 1.30 bits per heavy atom. The van der Waals surface area contributed by atoms with Crippen molar-refractivity contribution >= 4 is 17.7 Å². The fourth-order valence-corrected chi connectivity index (χ4v) is 3.96. The van der Waals surface area contributed by atoms with E-state index in [4.69, 9.17) is 9.47 Å². The van der Waals surface area contributed by atoms with Crippen LogP contribution in [0.15, 0.2) is 35.6 Å². The van der Waals surface area contributed by atoms with Gasteiger partial charge in [-0.2, -0.15) is 0 Å². The Balaban J connectivity index is 2.12. The number of imidazole rings is 1. The number of hydrogen-bond donors (Lipinski definition) is 1. The molecule has 0 aliphatic heterocycles. The molecule has 1 aromatic carbocycles. The number of nitrogens with zero attached hydrogens (tertiary/aromatic N) is 2. The highest BCUT2D eigenvalue weighted by Crippen LogP contribution is 2.28. The van der Waals surface area contributed by atoms with Crippen molar-refractivity contribution < 1.29 is 19.4 Å².